The van der Waals surface area contributed by atoms with Crippen LogP contribution >= 0.6 is 0 Å². The molecule has 72 valence electrons. The number of nitrogens with one attached hydrogen (secondary N) is 2. The Bertz CT molecular complexity index is 148. The smallest absolute Gasteiger partial charge is 0.265 e. The highest BCUT2D eigenvalue weighted by Gasteiger charge is 2.43. The van der Waals surface area contributed by atoms with Crippen molar-refractivity contribution in [2.45, 2.75) is 38.3 Å². The van der Waals surface area contributed by atoms with Crippen molar-refractivity contribution in [3.05, 3.63) is 0 Å². The zero-order valence-electron chi connectivity index (χ0n) is 7.53. The molecule has 4 heteroatoms. The summed E-state index contributed by atoms with van der Waals surface area (Å²) in [6.45, 7) is 4.68. The first-order valence-electron chi connectivity index (χ1n) is 4.37. The Balaban J connectivity index is 2.32. The van der Waals surface area contributed by atoms with Gasteiger partial charge in [0, 0.05) is 25.6 Å². The molecule has 1 aliphatic rings. The maximum Gasteiger partial charge on any atom is 0.265 e. The van der Waals surface area contributed by atoms with Crippen LogP contribution in [0, 0.1) is 0 Å². The molecule has 1 atom stereocenters. The molecule has 1 saturated heterocycles. The van der Waals surface area contributed by atoms with Crippen molar-refractivity contribution in [3.63, 3.8) is 0 Å². The van der Waals surface area contributed by atoms with Crippen LogP contribution in [0.15, 0.2) is 0 Å². The summed E-state index contributed by atoms with van der Waals surface area (Å²) >= 11 is 0. The lowest BCUT2D eigenvalue weighted by Gasteiger charge is -2.20. The molecule has 2 nitrogen and oxygen atoms in total. The highest BCUT2D eigenvalue weighted by Crippen LogP contribution is 2.26. The Kier molecular flexibility index (Phi) is 3.01. The second-order valence-electron chi connectivity index (χ2n) is 3.58. The SMILES string of the molecule is CC(C)NCC1NCCC1(F)F. The molecule has 0 radical (unpaired) electrons. The summed E-state index contributed by atoms with van der Waals surface area (Å²) in [7, 11) is 0. The normalized spacial score (nSPS) is 28.2. The highest BCUT2D eigenvalue weighted by molar-refractivity contribution is 4.91. The van der Waals surface area contributed by atoms with Crippen molar-refractivity contribution in [2.75, 3.05) is 13.1 Å². The molecule has 1 heterocycles. The third kappa shape index (κ3) is 2.38. The van der Waals surface area contributed by atoms with E-state index in [1.807, 2.05) is 13.8 Å². The third-order valence-electron chi connectivity index (χ3n) is 2.09. The molecule has 1 aliphatic heterocycles. The van der Waals surface area contributed by atoms with Gasteiger partial charge in [0.2, 0.25) is 0 Å². The van der Waals surface area contributed by atoms with Crippen molar-refractivity contribution in [1.29, 1.82) is 0 Å². The minimum absolute atomic E-state index is 0.0303. The van der Waals surface area contributed by atoms with Gasteiger partial charge in [0.25, 0.3) is 5.92 Å². The Morgan fingerprint density at radius 2 is 2.25 bits per heavy atom. The molecule has 12 heavy (non-hydrogen) atoms. The Labute approximate surface area is 71.7 Å². The van der Waals surface area contributed by atoms with Crippen molar-refractivity contribution >= 4 is 0 Å². The summed E-state index contributed by atoms with van der Waals surface area (Å²) in [6, 6.07) is -0.414. The number of rotatable bonds is 3. The lowest BCUT2D eigenvalue weighted by Crippen LogP contribution is -2.45. The van der Waals surface area contributed by atoms with E-state index in [9.17, 15) is 8.78 Å². The van der Waals surface area contributed by atoms with Gasteiger partial charge < -0.3 is 10.6 Å². The molecule has 1 rings (SSSR count). The van der Waals surface area contributed by atoms with E-state index in [-0.39, 0.29) is 12.5 Å². The maximum absolute atomic E-state index is 13.0. The van der Waals surface area contributed by atoms with E-state index < -0.39 is 12.0 Å². The summed E-state index contributed by atoms with van der Waals surface area (Å²) in [5, 5.41) is 5.79. The maximum atomic E-state index is 13.0. The van der Waals surface area contributed by atoms with Gasteiger partial charge in [0.15, 0.2) is 0 Å². The third-order valence-corrected chi connectivity index (χ3v) is 2.09. The molecule has 1 unspecified atom stereocenters. The summed E-state index contributed by atoms with van der Waals surface area (Å²) in [5.41, 5.74) is 0. The van der Waals surface area contributed by atoms with Gasteiger partial charge in [0.1, 0.15) is 0 Å². The Hall–Kier alpha value is -0.220. The first-order chi connectivity index (χ1) is 5.52. The molecule has 2 N–H and O–H groups in total. The lowest BCUT2D eigenvalue weighted by molar-refractivity contribution is -0.0107. The van der Waals surface area contributed by atoms with Crippen LogP contribution in [0.3, 0.4) is 0 Å². The molecule has 0 aromatic heterocycles. The van der Waals surface area contributed by atoms with Crippen molar-refractivity contribution in [1.82, 2.24) is 10.6 Å². The van der Waals surface area contributed by atoms with Gasteiger partial charge in [-0.25, -0.2) is 8.78 Å². The molecule has 0 aromatic carbocycles. The van der Waals surface area contributed by atoms with E-state index >= 15 is 0 Å². The molecule has 0 spiro atoms. The molecule has 0 amide bonds. The van der Waals surface area contributed by atoms with Crippen LogP contribution in [-0.2, 0) is 0 Å². The van der Waals surface area contributed by atoms with Crippen molar-refractivity contribution in [3.8, 4) is 0 Å². The van der Waals surface area contributed by atoms with E-state index in [2.05, 4.69) is 10.6 Å². The molecular formula is C8H16F2N2. The number of hydrogen-bond donors (Lipinski definition) is 2. The lowest BCUT2D eigenvalue weighted by atomic mass is 10.1. The quantitative estimate of drug-likeness (QED) is 0.673. The van der Waals surface area contributed by atoms with Crippen LogP contribution in [0.4, 0.5) is 8.78 Å². The van der Waals surface area contributed by atoms with E-state index in [1.54, 1.807) is 0 Å². The second kappa shape index (κ2) is 3.66. The zero-order valence-corrected chi connectivity index (χ0v) is 7.53. The fraction of sp³-hybridized carbons (Fsp3) is 1.00. The van der Waals surface area contributed by atoms with Gasteiger partial charge in [-0.2, -0.15) is 0 Å². The van der Waals surface area contributed by atoms with Crippen LogP contribution < -0.4 is 10.6 Å². The number of hydrogen-bond acceptors (Lipinski definition) is 2. The molecule has 0 saturated carbocycles. The first-order valence-corrected chi connectivity index (χ1v) is 4.37. The minimum atomic E-state index is -2.53. The monoisotopic (exact) mass is 178 g/mol. The van der Waals surface area contributed by atoms with Gasteiger partial charge in [-0.05, 0) is 0 Å². The molecular weight excluding hydrogens is 162 g/mol. The predicted octanol–water partition coefficient (Wildman–Crippen LogP) is 0.982. The van der Waals surface area contributed by atoms with E-state index in [0.717, 1.165) is 0 Å². The van der Waals surface area contributed by atoms with Crippen LogP contribution in [0.25, 0.3) is 0 Å². The average Bonchev–Trinajstić information content (AvgIpc) is 2.25. The first kappa shape index (κ1) is 9.86. The Morgan fingerprint density at radius 3 is 2.67 bits per heavy atom. The standard InChI is InChI=1S/C8H16F2N2/c1-6(2)12-5-7-8(9,10)3-4-11-7/h6-7,11-12H,3-5H2,1-2H3. The molecule has 0 aliphatic carbocycles. The van der Waals surface area contributed by atoms with Crippen molar-refractivity contribution in [2.24, 2.45) is 0 Å². The van der Waals surface area contributed by atoms with E-state index in [4.69, 9.17) is 0 Å². The van der Waals surface area contributed by atoms with Crippen LogP contribution in [0.5, 0.6) is 0 Å². The second-order valence-corrected chi connectivity index (χ2v) is 3.58. The fourth-order valence-electron chi connectivity index (χ4n) is 1.31. The molecule has 0 aromatic rings. The summed E-state index contributed by atoms with van der Waals surface area (Å²) in [5.74, 6) is -2.53. The number of alkyl halides is 2. The number of halogens is 2. The fourth-order valence-corrected chi connectivity index (χ4v) is 1.31. The highest BCUT2D eigenvalue weighted by atomic mass is 19.3. The molecule has 1 fully saturated rings. The van der Waals surface area contributed by atoms with Crippen LogP contribution in [-0.4, -0.2) is 31.1 Å². The van der Waals surface area contributed by atoms with Gasteiger partial charge in [-0.3, -0.25) is 0 Å². The zero-order chi connectivity index (χ0) is 9.19. The molecule has 0 bridgehead atoms. The Morgan fingerprint density at radius 1 is 1.58 bits per heavy atom. The van der Waals surface area contributed by atoms with Gasteiger partial charge in [-0.1, -0.05) is 13.8 Å². The summed E-state index contributed by atoms with van der Waals surface area (Å²) in [6.07, 6.45) is -0.0303. The summed E-state index contributed by atoms with van der Waals surface area (Å²) in [4.78, 5) is 0. The van der Waals surface area contributed by atoms with Crippen LogP contribution in [0.2, 0.25) is 0 Å². The predicted molar refractivity (Wildman–Crippen MR) is 44.5 cm³/mol. The topological polar surface area (TPSA) is 24.1 Å². The van der Waals surface area contributed by atoms with E-state index in [1.165, 1.54) is 0 Å². The van der Waals surface area contributed by atoms with Gasteiger partial charge in [0.05, 0.1) is 6.04 Å². The minimum Gasteiger partial charge on any atom is -0.313 e. The largest absolute Gasteiger partial charge is 0.313 e. The summed E-state index contributed by atoms with van der Waals surface area (Å²) < 4.78 is 25.9. The van der Waals surface area contributed by atoms with Crippen LogP contribution in [0.1, 0.15) is 20.3 Å². The van der Waals surface area contributed by atoms with E-state index in [0.29, 0.717) is 13.1 Å². The van der Waals surface area contributed by atoms with Crippen molar-refractivity contribution < 1.29 is 8.78 Å². The van der Waals surface area contributed by atoms with Gasteiger partial charge in [-0.15, -0.1) is 0 Å². The average molecular weight is 178 g/mol. The van der Waals surface area contributed by atoms with Gasteiger partial charge >= 0.3 is 0 Å².